The molecule has 0 saturated carbocycles. The maximum atomic E-state index is 13.1. The van der Waals surface area contributed by atoms with E-state index < -0.39 is 17.5 Å². The third kappa shape index (κ3) is 3.66. The molecule has 0 aliphatic rings. The molecule has 0 radical (unpaired) electrons. The number of rotatable bonds is 4. The number of aryl methyl sites for hydroxylation is 1. The number of benzene rings is 1. The summed E-state index contributed by atoms with van der Waals surface area (Å²) < 4.78 is 14.2. The van der Waals surface area contributed by atoms with E-state index in [4.69, 9.17) is 0 Å². The Hall–Kier alpha value is -3.35. The van der Waals surface area contributed by atoms with Crippen LogP contribution in [0.1, 0.15) is 18.5 Å². The van der Waals surface area contributed by atoms with E-state index in [1.54, 1.807) is 37.4 Å². The topological polar surface area (TPSA) is 76.9 Å². The van der Waals surface area contributed by atoms with Gasteiger partial charge in [0.15, 0.2) is 0 Å². The summed E-state index contributed by atoms with van der Waals surface area (Å²) in [7, 11) is 0. The van der Waals surface area contributed by atoms with E-state index in [1.807, 2.05) is 13.0 Å². The van der Waals surface area contributed by atoms with Gasteiger partial charge in [-0.05, 0) is 55.8 Å². The van der Waals surface area contributed by atoms with E-state index >= 15 is 0 Å². The van der Waals surface area contributed by atoms with Gasteiger partial charge in [-0.3, -0.25) is 9.59 Å². The minimum atomic E-state index is -0.843. The van der Waals surface area contributed by atoms with E-state index in [2.05, 4.69) is 15.4 Å². The first-order valence-corrected chi connectivity index (χ1v) is 8.04. The van der Waals surface area contributed by atoms with E-state index in [0.29, 0.717) is 17.1 Å². The van der Waals surface area contributed by atoms with Gasteiger partial charge in [-0.2, -0.15) is 5.10 Å². The van der Waals surface area contributed by atoms with Crippen molar-refractivity contribution in [3.63, 3.8) is 0 Å². The Morgan fingerprint density at radius 2 is 1.88 bits per heavy atom. The van der Waals surface area contributed by atoms with Crippen LogP contribution in [0.15, 0.2) is 59.5 Å². The fourth-order valence-electron chi connectivity index (χ4n) is 2.43. The smallest absolute Gasteiger partial charge is 0.267 e. The Morgan fingerprint density at radius 3 is 2.58 bits per heavy atom. The zero-order valence-corrected chi connectivity index (χ0v) is 14.3. The minimum Gasteiger partial charge on any atom is -0.309 e. The van der Waals surface area contributed by atoms with Gasteiger partial charge in [-0.1, -0.05) is 6.07 Å². The lowest BCUT2D eigenvalue weighted by Gasteiger charge is -2.15. The minimum absolute atomic E-state index is 0.361. The lowest BCUT2D eigenvalue weighted by molar-refractivity contribution is -0.119. The molecule has 1 unspecified atom stereocenters. The van der Waals surface area contributed by atoms with Crippen LogP contribution in [-0.2, 0) is 4.79 Å². The van der Waals surface area contributed by atoms with Crippen molar-refractivity contribution in [3.05, 3.63) is 76.5 Å². The standard InChI is InChI=1S/C19H17FN4O2/c1-12-4-3-11-21-18(12)22-19(26)13(2)24-17(25)10-9-16(23-24)14-5-7-15(20)8-6-14/h3-11,13H,1-2H3,(H,21,22,26). The molecular formula is C19H17FN4O2. The van der Waals surface area contributed by atoms with Gasteiger partial charge in [-0.25, -0.2) is 14.1 Å². The molecule has 0 aliphatic heterocycles. The summed E-state index contributed by atoms with van der Waals surface area (Å²) in [5, 5.41) is 6.96. The molecule has 2 aromatic heterocycles. The second kappa shape index (κ2) is 7.26. The van der Waals surface area contributed by atoms with Gasteiger partial charge >= 0.3 is 0 Å². The van der Waals surface area contributed by atoms with Gasteiger partial charge < -0.3 is 5.32 Å². The molecule has 1 atom stereocenters. The fourth-order valence-corrected chi connectivity index (χ4v) is 2.43. The molecular weight excluding hydrogens is 335 g/mol. The van der Waals surface area contributed by atoms with Gasteiger partial charge in [0.25, 0.3) is 5.56 Å². The highest BCUT2D eigenvalue weighted by Crippen LogP contribution is 2.17. The Kier molecular flexibility index (Phi) is 4.88. The van der Waals surface area contributed by atoms with Gasteiger partial charge in [0, 0.05) is 17.8 Å². The number of hydrogen-bond donors (Lipinski definition) is 1. The number of amides is 1. The summed E-state index contributed by atoms with van der Waals surface area (Å²) >= 11 is 0. The van der Waals surface area contributed by atoms with Crippen molar-refractivity contribution >= 4 is 11.7 Å². The van der Waals surface area contributed by atoms with Crippen molar-refractivity contribution in [3.8, 4) is 11.3 Å². The molecule has 7 heteroatoms. The number of nitrogens with zero attached hydrogens (tertiary/aromatic N) is 3. The summed E-state index contributed by atoms with van der Waals surface area (Å²) in [6, 6.07) is 11.4. The molecule has 3 rings (SSSR count). The molecule has 0 saturated heterocycles. The fraction of sp³-hybridized carbons (Fsp3) is 0.158. The summed E-state index contributed by atoms with van der Waals surface area (Å²) in [6.07, 6.45) is 1.58. The van der Waals surface area contributed by atoms with Crippen molar-refractivity contribution in [2.45, 2.75) is 19.9 Å². The average molecular weight is 352 g/mol. The van der Waals surface area contributed by atoms with Gasteiger partial charge in [0.1, 0.15) is 17.7 Å². The number of halogens is 1. The lowest BCUT2D eigenvalue weighted by atomic mass is 10.1. The number of hydrogen-bond acceptors (Lipinski definition) is 4. The summed E-state index contributed by atoms with van der Waals surface area (Å²) in [5.74, 6) is -0.328. The summed E-state index contributed by atoms with van der Waals surface area (Å²) in [5.41, 5.74) is 1.52. The molecule has 1 aromatic carbocycles. The van der Waals surface area contributed by atoms with Crippen LogP contribution in [0, 0.1) is 12.7 Å². The van der Waals surface area contributed by atoms with Crippen LogP contribution in [0.25, 0.3) is 11.3 Å². The van der Waals surface area contributed by atoms with Crippen LogP contribution < -0.4 is 10.9 Å². The van der Waals surface area contributed by atoms with Crippen LogP contribution in [0.5, 0.6) is 0 Å². The predicted octanol–water partition coefficient (Wildman–Crippen LogP) is 2.95. The number of pyridine rings is 1. The van der Waals surface area contributed by atoms with Crippen molar-refractivity contribution in [2.75, 3.05) is 5.32 Å². The molecule has 1 amide bonds. The lowest BCUT2D eigenvalue weighted by Crippen LogP contribution is -2.33. The van der Waals surface area contributed by atoms with Crippen LogP contribution >= 0.6 is 0 Å². The molecule has 3 aromatic rings. The SMILES string of the molecule is Cc1cccnc1NC(=O)C(C)n1nc(-c2ccc(F)cc2)ccc1=O. The van der Waals surface area contributed by atoms with Crippen LogP contribution in [0.3, 0.4) is 0 Å². The number of anilines is 1. The van der Waals surface area contributed by atoms with Crippen molar-refractivity contribution in [2.24, 2.45) is 0 Å². The number of carbonyl (C=O) groups is 1. The molecule has 0 spiro atoms. The van der Waals surface area contributed by atoms with Gasteiger partial charge in [-0.15, -0.1) is 0 Å². The van der Waals surface area contributed by atoms with Crippen molar-refractivity contribution in [1.82, 2.24) is 14.8 Å². The highest BCUT2D eigenvalue weighted by atomic mass is 19.1. The Bertz CT molecular complexity index is 999. The Labute approximate surface area is 149 Å². The molecule has 1 N–H and O–H groups in total. The Balaban J connectivity index is 1.89. The highest BCUT2D eigenvalue weighted by molar-refractivity contribution is 5.93. The summed E-state index contributed by atoms with van der Waals surface area (Å²) in [4.78, 5) is 28.8. The van der Waals surface area contributed by atoms with E-state index in [1.165, 1.54) is 18.2 Å². The predicted molar refractivity (Wildman–Crippen MR) is 96.2 cm³/mol. The molecule has 2 heterocycles. The second-order valence-electron chi connectivity index (χ2n) is 5.84. The first-order valence-electron chi connectivity index (χ1n) is 8.04. The van der Waals surface area contributed by atoms with Crippen molar-refractivity contribution < 1.29 is 9.18 Å². The maximum absolute atomic E-state index is 13.1. The normalized spacial score (nSPS) is 11.8. The molecule has 132 valence electrons. The molecule has 0 aliphatic carbocycles. The zero-order chi connectivity index (χ0) is 18.7. The maximum Gasteiger partial charge on any atom is 0.267 e. The average Bonchev–Trinajstić information content (AvgIpc) is 2.64. The first-order chi connectivity index (χ1) is 12.5. The van der Waals surface area contributed by atoms with E-state index in [9.17, 15) is 14.0 Å². The highest BCUT2D eigenvalue weighted by Gasteiger charge is 2.19. The van der Waals surface area contributed by atoms with Crippen LogP contribution in [0.4, 0.5) is 10.2 Å². The molecule has 0 fully saturated rings. The van der Waals surface area contributed by atoms with Gasteiger partial charge in [0.05, 0.1) is 5.69 Å². The number of aromatic nitrogens is 3. The first kappa shape index (κ1) is 17.5. The molecule has 26 heavy (non-hydrogen) atoms. The largest absolute Gasteiger partial charge is 0.309 e. The second-order valence-corrected chi connectivity index (χ2v) is 5.84. The van der Waals surface area contributed by atoms with Gasteiger partial charge in [0.2, 0.25) is 5.91 Å². The third-order valence-electron chi connectivity index (χ3n) is 3.96. The molecule has 6 nitrogen and oxygen atoms in total. The van der Waals surface area contributed by atoms with E-state index in [-0.39, 0.29) is 5.82 Å². The third-order valence-corrected chi connectivity index (χ3v) is 3.96. The summed E-state index contributed by atoms with van der Waals surface area (Å²) in [6.45, 7) is 3.41. The quantitative estimate of drug-likeness (QED) is 0.783. The number of nitrogens with one attached hydrogen (secondary N) is 1. The zero-order valence-electron chi connectivity index (χ0n) is 14.3. The monoisotopic (exact) mass is 352 g/mol. The Morgan fingerprint density at radius 1 is 1.15 bits per heavy atom. The van der Waals surface area contributed by atoms with Crippen molar-refractivity contribution in [1.29, 1.82) is 0 Å². The van der Waals surface area contributed by atoms with Crippen LogP contribution in [-0.4, -0.2) is 20.7 Å². The number of carbonyl (C=O) groups excluding carboxylic acids is 1. The molecule has 0 bridgehead atoms. The van der Waals surface area contributed by atoms with E-state index in [0.717, 1.165) is 10.2 Å². The van der Waals surface area contributed by atoms with Crippen LogP contribution in [0.2, 0.25) is 0 Å².